The van der Waals surface area contributed by atoms with Crippen molar-refractivity contribution in [3.05, 3.63) is 0 Å². The molecule has 0 heterocycles. The van der Waals surface area contributed by atoms with Gasteiger partial charge in [0.2, 0.25) is 0 Å². The Balaban J connectivity index is 4.24. The van der Waals surface area contributed by atoms with E-state index in [4.69, 9.17) is 16.6 Å². The van der Waals surface area contributed by atoms with Gasteiger partial charge in [-0.15, -0.1) is 0 Å². The van der Waals surface area contributed by atoms with Gasteiger partial charge in [-0.05, 0) is 0 Å². The number of nitrogens with zero attached hydrogens (tertiary/aromatic N) is 1. The lowest BCUT2D eigenvalue weighted by Gasteiger charge is -2.07. The molecule has 0 saturated carbocycles. The molecule has 0 bridgehead atoms. The van der Waals surface area contributed by atoms with Gasteiger partial charge in [-0.25, -0.2) is 13.8 Å². The van der Waals surface area contributed by atoms with Crippen molar-refractivity contribution >= 4 is 11.9 Å². The Morgan fingerprint density at radius 1 is 1.50 bits per heavy atom. The third-order valence-electron chi connectivity index (χ3n) is 0.990. The van der Waals surface area contributed by atoms with E-state index in [2.05, 4.69) is 4.99 Å². The number of rotatable bonds is 4. The van der Waals surface area contributed by atoms with E-state index in [-0.39, 0.29) is 0 Å². The van der Waals surface area contributed by atoms with E-state index in [1.807, 2.05) is 0 Å². The highest BCUT2D eigenvalue weighted by molar-refractivity contribution is 5.76. The fourth-order valence-corrected chi connectivity index (χ4v) is 0.561. The summed E-state index contributed by atoms with van der Waals surface area (Å²) in [5, 5.41) is 8.16. The number of carbonyl (C=O) groups is 1. The number of alkyl halides is 2. The quantitative estimate of drug-likeness (QED) is 0.397. The van der Waals surface area contributed by atoms with Crippen molar-refractivity contribution in [2.24, 2.45) is 16.5 Å². The highest BCUT2D eigenvalue weighted by Crippen LogP contribution is 2.09. The second kappa shape index (κ2) is 4.47. The van der Waals surface area contributed by atoms with Gasteiger partial charge in [-0.2, -0.15) is 0 Å². The number of guanidine groups is 1. The van der Waals surface area contributed by atoms with Crippen LogP contribution in [0.15, 0.2) is 4.99 Å². The first kappa shape index (κ1) is 10.6. The molecular formula is C5H9F2N3O2. The second-order valence-electron chi connectivity index (χ2n) is 2.05. The topological polar surface area (TPSA) is 102 Å². The van der Waals surface area contributed by atoms with Gasteiger partial charge >= 0.3 is 5.97 Å². The molecule has 5 nitrogen and oxygen atoms in total. The molecule has 0 fully saturated rings. The first-order valence-electron chi connectivity index (χ1n) is 3.02. The van der Waals surface area contributed by atoms with Crippen LogP contribution in [0.4, 0.5) is 8.78 Å². The molecule has 0 aliphatic heterocycles. The molecule has 0 unspecified atom stereocenters. The third kappa shape index (κ3) is 4.42. The lowest BCUT2D eigenvalue weighted by molar-refractivity contribution is -0.138. The Bertz CT molecular complexity index is 191. The number of hydrogen-bond donors (Lipinski definition) is 3. The fraction of sp³-hybridized carbons (Fsp3) is 0.600. The van der Waals surface area contributed by atoms with Crippen LogP contribution in [-0.2, 0) is 4.79 Å². The van der Waals surface area contributed by atoms with E-state index in [9.17, 15) is 13.6 Å². The van der Waals surface area contributed by atoms with Gasteiger partial charge in [-0.1, -0.05) is 0 Å². The number of nitrogens with two attached hydrogens (primary N) is 2. The Morgan fingerprint density at radius 3 is 2.25 bits per heavy atom. The summed E-state index contributed by atoms with van der Waals surface area (Å²) in [6, 6.07) is -1.66. The standard InChI is InChI=1S/C5H9F2N3O2/c6-4(7)2(1-3(11)12)10-5(8)9/h2,4H,1H2,(H,11,12)(H4,8,9,10)/t2-/m0/s1. The van der Waals surface area contributed by atoms with Crippen LogP contribution in [0.5, 0.6) is 0 Å². The monoisotopic (exact) mass is 181 g/mol. The van der Waals surface area contributed by atoms with Gasteiger partial charge < -0.3 is 16.6 Å². The van der Waals surface area contributed by atoms with Gasteiger partial charge in [-0.3, -0.25) is 4.79 Å². The van der Waals surface area contributed by atoms with Crippen molar-refractivity contribution in [3.63, 3.8) is 0 Å². The van der Waals surface area contributed by atoms with E-state index in [0.29, 0.717) is 0 Å². The molecule has 0 aromatic carbocycles. The molecule has 0 aromatic rings. The molecule has 12 heavy (non-hydrogen) atoms. The average molecular weight is 181 g/mol. The molecule has 0 amide bonds. The Labute approximate surface area is 67.1 Å². The van der Waals surface area contributed by atoms with Crippen LogP contribution in [0.2, 0.25) is 0 Å². The molecule has 5 N–H and O–H groups in total. The van der Waals surface area contributed by atoms with Crippen LogP contribution >= 0.6 is 0 Å². The maximum absolute atomic E-state index is 11.9. The van der Waals surface area contributed by atoms with Crippen LogP contribution in [0.25, 0.3) is 0 Å². The molecule has 0 aliphatic rings. The molecule has 0 saturated heterocycles. The summed E-state index contributed by atoms with van der Waals surface area (Å²) >= 11 is 0. The smallest absolute Gasteiger partial charge is 0.305 e. The van der Waals surface area contributed by atoms with Crippen molar-refractivity contribution < 1.29 is 18.7 Å². The summed E-state index contributed by atoms with van der Waals surface area (Å²) < 4.78 is 23.9. The van der Waals surface area contributed by atoms with Crippen LogP contribution in [-0.4, -0.2) is 29.5 Å². The molecule has 0 rings (SSSR count). The zero-order valence-corrected chi connectivity index (χ0v) is 6.08. The Hall–Kier alpha value is -1.40. The maximum Gasteiger partial charge on any atom is 0.305 e. The van der Waals surface area contributed by atoms with E-state index in [1.54, 1.807) is 0 Å². The summed E-state index contributed by atoms with van der Waals surface area (Å²) in [6.45, 7) is 0. The van der Waals surface area contributed by atoms with Crippen molar-refractivity contribution in [2.75, 3.05) is 0 Å². The number of carboxylic acids is 1. The van der Waals surface area contributed by atoms with E-state index in [0.717, 1.165) is 0 Å². The van der Waals surface area contributed by atoms with Crippen molar-refractivity contribution in [2.45, 2.75) is 18.9 Å². The SMILES string of the molecule is NC(N)=N[C@@H](CC(=O)O)C(F)F. The number of hydrogen-bond acceptors (Lipinski definition) is 2. The van der Waals surface area contributed by atoms with E-state index < -0.39 is 30.8 Å². The molecule has 0 aromatic heterocycles. The lowest BCUT2D eigenvalue weighted by Crippen LogP contribution is -2.29. The lowest BCUT2D eigenvalue weighted by atomic mass is 10.2. The Morgan fingerprint density at radius 2 is 2.00 bits per heavy atom. The summed E-state index contributed by atoms with van der Waals surface area (Å²) in [5.74, 6) is -1.91. The number of aliphatic carboxylic acids is 1. The summed E-state index contributed by atoms with van der Waals surface area (Å²) in [7, 11) is 0. The van der Waals surface area contributed by atoms with E-state index in [1.165, 1.54) is 0 Å². The predicted molar refractivity (Wildman–Crippen MR) is 37.9 cm³/mol. The third-order valence-corrected chi connectivity index (χ3v) is 0.990. The minimum absolute atomic E-state index is 0.540. The number of halogens is 2. The molecule has 0 spiro atoms. The van der Waals surface area contributed by atoms with Crippen molar-refractivity contribution in [3.8, 4) is 0 Å². The largest absolute Gasteiger partial charge is 0.481 e. The molecular weight excluding hydrogens is 172 g/mol. The minimum Gasteiger partial charge on any atom is -0.481 e. The van der Waals surface area contributed by atoms with Crippen LogP contribution in [0.1, 0.15) is 6.42 Å². The van der Waals surface area contributed by atoms with Gasteiger partial charge in [0.15, 0.2) is 5.96 Å². The van der Waals surface area contributed by atoms with Crippen molar-refractivity contribution in [1.29, 1.82) is 0 Å². The normalized spacial score (nSPS) is 12.6. The van der Waals surface area contributed by atoms with Gasteiger partial charge in [0.1, 0.15) is 6.04 Å². The highest BCUT2D eigenvalue weighted by atomic mass is 19.3. The Kier molecular flexibility index (Phi) is 3.95. The van der Waals surface area contributed by atoms with E-state index >= 15 is 0 Å². The summed E-state index contributed by atoms with van der Waals surface area (Å²) in [6.07, 6.45) is -3.65. The zero-order chi connectivity index (χ0) is 9.72. The summed E-state index contributed by atoms with van der Waals surface area (Å²) in [4.78, 5) is 13.1. The average Bonchev–Trinajstić information content (AvgIpc) is 1.83. The molecule has 7 heteroatoms. The molecule has 1 atom stereocenters. The zero-order valence-electron chi connectivity index (χ0n) is 6.08. The van der Waals surface area contributed by atoms with Gasteiger partial charge in [0.05, 0.1) is 6.42 Å². The minimum atomic E-state index is -2.87. The fourth-order valence-electron chi connectivity index (χ4n) is 0.561. The predicted octanol–water partition coefficient (Wildman–Crippen LogP) is -0.632. The maximum atomic E-state index is 11.9. The van der Waals surface area contributed by atoms with Gasteiger partial charge in [0, 0.05) is 0 Å². The molecule has 0 radical (unpaired) electrons. The molecule has 70 valence electrons. The second-order valence-corrected chi connectivity index (χ2v) is 2.05. The first-order valence-corrected chi connectivity index (χ1v) is 3.02. The molecule has 0 aliphatic carbocycles. The van der Waals surface area contributed by atoms with Crippen LogP contribution < -0.4 is 11.5 Å². The number of aliphatic imine (C=N–C) groups is 1. The van der Waals surface area contributed by atoms with Gasteiger partial charge in [0.25, 0.3) is 6.43 Å². The van der Waals surface area contributed by atoms with Crippen molar-refractivity contribution in [1.82, 2.24) is 0 Å². The summed E-state index contributed by atoms with van der Waals surface area (Å²) in [5.41, 5.74) is 9.62. The van der Waals surface area contributed by atoms with Crippen LogP contribution in [0.3, 0.4) is 0 Å². The van der Waals surface area contributed by atoms with Crippen LogP contribution in [0, 0.1) is 0 Å². The number of carboxylic acid groups (broad SMARTS) is 1. The first-order chi connectivity index (χ1) is 5.43. The highest BCUT2D eigenvalue weighted by Gasteiger charge is 2.22.